The summed E-state index contributed by atoms with van der Waals surface area (Å²) < 4.78 is 45.5. The Morgan fingerprint density at radius 1 is 1.03 bits per heavy atom. The van der Waals surface area contributed by atoms with Crippen LogP contribution in [0.5, 0.6) is 0 Å². The number of anilines is 1. The van der Waals surface area contributed by atoms with Gasteiger partial charge in [-0.2, -0.15) is 5.10 Å². The van der Waals surface area contributed by atoms with E-state index in [0.717, 1.165) is 33.6 Å². The number of sulfonamides is 1. The highest BCUT2D eigenvalue weighted by molar-refractivity contribution is 7.93. The van der Waals surface area contributed by atoms with Crippen LogP contribution in [0.4, 0.5) is 10.2 Å². The Morgan fingerprint density at radius 2 is 1.86 bits per heavy atom. The van der Waals surface area contributed by atoms with Gasteiger partial charge in [-0.05, 0) is 73.4 Å². The molecule has 0 radical (unpaired) electrons. The van der Waals surface area contributed by atoms with E-state index in [4.69, 9.17) is 0 Å². The summed E-state index contributed by atoms with van der Waals surface area (Å²) in [6, 6.07) is 12.0. The lowest BCUT2D eigenvalue weighted by Gasteiger charge is -2.13. The van der Waals surface area contributed by atoms with E-state index < -0.39 is 10.0 Å². The predicted octanol–water partition coefficient (Wildman–Crippen LogP) is 4.82. The van der Waals surface area contributed by atoms with Crippen LogP contribution >= 0.6 is 0 Å². The lowest BCUT2D eigenvalue weighted by Crippen LogP contribution is -2.18. The van der Waals surface area contributed by atoms with Gasteiger partial charge in [0.2, 0.25) is 10.0 Å². The first kappa shape index (κ1) is 22.4. The van der Waals surface area contributed by atoms with E-state index in [0.29, 0.717) is 24.1 Å². The second kappa shape index (κ2) is 8.27. The van der Waals surface area contributed by atoms with Gasteiger partial charge in [0.25, 0.3) is 0 Å². The first-order chi connectivity index (χ1) is 17.3. The van der Waals surface area contributed by atoms with Crippen molar-refractivity contribution in [2.75, 3.05) is 4.72 Å². The average Bonchev–Trinajstić information content (AvgIpc) is 3.49. The predicted molar refractivity (Wildman–Crippen MR) is 136 cm³/mol. The van der Waals surface area contributed by atoms with Crippen molar-refractivity contribution in [3.63, 3.8) is 0 Å². The SMILES string of the molecule is Cc1cc(F)ccc1-c1cc(-c2cnc3cc(-c4cnn(C)c4)ccn23)cc(NS(=O)(=O)C2CC2)n1. The highest BCUT2D eigenvalue weighted by Gasteiger charge is 2.36. The van der Waals surface area contributed by atoms with Crippen LogP contribution in [0.25, 0.3) is 39.3 Å². The number of rotatable bonds is 6. The van der Waals surface area contributed by atoms with Crippen LogP contribution in [0.3, 0.4) is 0 Å². The van der Waals surface area contributed by atoms with Gasteiger partial charge in [0, 0.05) is 36.1 Å². The first-order valence-electron chi connectivity index (χ1n) is 11.5. The Labute approximate surface area is 207 Å². The van der Waals surface area contributed by atoms with E-state index in [2.05, 4.69) is 19.8 Å². The Morgan fingerprint density at radius 3 is 2.58 bits per heavy atom. The van der Waals surface area contributed by atoms with Gasteiger partial charge in [0.1, 0.15) is 17.3 Å². The molecule has 1 fully saturated rings. The van der Waals surface area contributed by atoms with Gasteiger partial charge in [-0.25, -0.2) is 22.8 Å². The topological polar surface area (TPSA) is 94.2 Å². The second-order valence-electron chi connectivity index (χ2n) is 9.12. The lowest BCUT2D eigenvalue weighted by atomic mass is 10.0. The van der Waals surface area contributed by atoms with Crippen LogP contribution < -0.4 is 4.72 Å². The Balaban J connectivity index is 1.47. The molecule has 1 aromatic carbocycles. The molecule has 4 aromatic heterocycles. The van der Waals surface area contributed by atoms with E-state index >= 15 is 0 Å². The number of pyridine rings is 2. The average molecular weight is 503 g/mol. The van der Waals surface area contributed by atoms with Gasteiger partial charge >= 0.3 is 0 Å². The second-order valence-corrected chi connectivity index (χ2v) is 11.1. The minimum Gasteiger partial charge on any atom is -0.300 e. The van der Waals surface area contributed by atoms with E-state index in [-0.39, 0.29) is 16.9 Å². The number of hydrogen-bond donors (Lipinski definition) is 1. The minimum atomic E-state index is -3.52. The lowest BCUT2D eigenvalue weighted by molar-refractivity contribution is 0.600. The minimum absolute atomic E-state index is 0.222. The van der Waals surface area contributed by atoms with Gasteiger partial charge in [-0.1, -0.05) is 0 Å². The fourth-order valence-corrected chi connectivity index (χ4v) is 5.65. The van der Waals surface area contributed by atoms with Crippen molar-refractivity contribution in [2.45, 2.75) is 25.0 Å². The molecule has 36 heavy (non-hydrogen) atoms. The van der Waals surface area contributed by atoms with Crippen LogP contribution in [0.2, 0.25) is 0 Å². The van der Waals surface area contributed by atoms with Crippen LogP contribution in [-0.4, -0.2) is 37.8 Å². The smallest absolute Gasteiger partial charge is 0.236 e. The van der Waals surface area contributed by atoms with Crippen LogP contribution in [0, 0.1) is 12.7 Å². The van der Waals surface area contributed by atoms with Crippen molar-refractivity contribution in [2.24, 2.45) is 7.05 Å². The Kier molecular flexibility index (Phi) is 5.15. The molecule has 6 rings (SSSR count). The van der Waals surface area contributed by atoms with E-state index in [1.54, 1.807) is 36.1 Å². The number of aromatic nitrogens is 5. The fourth-order valence-electron chi connectivity index (χ4n) is 4.33. The van der Waals surface area contributed by atoms with Crippen molar-refractivity contribution in [1.82, 2.24) is 24.1 Å². The van der Waals surface area contributed by atoms with Crippen LogP contribution in [-0.2, 0) is 17.1 Å². The van der Waals surface area contributed by atoms with Crippen molar-refractivity contribution < 1.29 is 12.8 Å². The van der Waals surface area contributed by atoms with Gasteiger partial charge in [0.05, 0.1) is 29.0 Å². The maximum absolute atomic E-state index is 13.8. The number of nitrogens with one attached hydrogen (secondary N) is 1. The van der Waals surface area contributed by atoms with Gasteiger partial charge < -0.3 is 0 Å². The molecule has 1 aliphatic carbocycles. The molecular weight excluding hydrogens is 479 g/mol. The molecule has 8 nitrogen and oxygen atoms in total. The number of hydrogen-bond acceptors (Lipinski definition) is 5. The van der Waals surface area contributed by atoms with Crippen molar-refractivity contribution in [3.05, 3.63) is 78.6 Å². The number of aryl methyl sites for hydroxylation is 2. The molecule has 0 amide bonds. The molecule has 1 saturated carbocycles. The molecule has 0 spiro atoms. The molecule has 5 aromatic rings. The zero-order chi connectivity index (χ0) is 25.0. The summed E-state index contributed by atoms with van der Waals surface area (Å²) in [5, 5.41) is 3.85. The third-order valence-corrected chi connectivity index (χ3v) is 8.19. The Hall–Kier alpha value is -4.05. The zero-order valence-corrected chi connectivity index (χ0v) is 20.5. The summed E-state index contributed by atoms with van der Waals surface area (Å²) in [6.45, 7) is 1.80. The molecule has 0 saturated heterocycles. The van der Waals surface area contributed by atoms with Crippen LogP contribution in [0.15, 0.2) is 67.3 Å². The van der Waals surface area contributed by atoms with Crippen molar-refractivity contribution >= 4 is 21.5 Å². The molecule has 182 valence electrons. The maximum Gasteiger partial charge on any atom is 0.236 e. The number of imidazole rings is 1. The van der Waals surface area contributed by atoms with Crippen LogP contribution in [0.1, 0.15) is 18.4 Å². The highest BCUT2D eigenvalue weighted by atomic mass is 32.2. The highest BCUT2D eigenvalue weighted by Crippen LogP contribution is 2.34. The number of nitrogens with zero attached hydrogens (tertiary/aromatic N) is 5. The zero-order valence-electron chi connectivity index (χ0n) is 19.7. The normalized spacial score (nSPS) is 13.9. The van der Waals surface area contributed by atoms with E-state index in [1.807, 2.05) is 42.0 Å². The van der Waals surface area contributed by atoms with Crippen molar-refractivity contribution in [3.8, 4) is 33.6 Å². The van der Waals surface area contributed by atoms with Gasteiger partial charge in [-0.3, -0.25) is 13.8 Å². The van der Waals surface area contributed by atoms with Gasteiger partial charge in [0.15, 0.2) is 0 Å². The summed E-state index contributed by atoms with van der Waals surface area (Å²) in [7, 11) is -1.65. The summed E-state index contributed by atoms with van der Waals surface area (Å²) >= 11 is 0. The number of benzene rings is 1. The molecule has 0 atom stereocenters. The first-order valence-corrected chi connectivity index (χ1v) is 13.1. The third-order valence-electron chi connectivity index (χ3n) is 6.35. The summed E-state index contributed by atoms with van der Waals surface area (Å²) in [4.78, 5) is 9.17. The third kappa shape index (κ3) is 4.13. The monoisotopic (exact) mass is 502 g/mol. The fraction of sp³-hybridized carbons (Fsp3) is 0.192. The largest absolute Gasteiger partial charge is 0.300 e. The summed E-state index contributed by atoms with van der Waals surface area (Å²) in [5.74, 6) is -0.117. The number of halogens is 1. The number of fused-ring (bicyclic) bond motifs is 1. The summed E-state index contributed by atoms with van der Waals surface area (Å²) in [5.41, 5.74) is 6.19. The molecule has 1 aliphatic rings. The van der Waals surface area contributed by atoms with E-state index in [9.17, 15) is 12.8 Å². The maximum atomic E-state index is 13.8. The standard InChI is InChI=1S/C26H23FN6O2S/c1-16-9-20(27)3-6-22(16)23-10-18(11-25(30-23)31-36(34,35)21-4-5-21)24-14-28-26-12-17(7-8-33(24)26)19-13-29-32(2)15-19/h3,6-15,21H,4-5H2,1-2H3,(H,30,31). The molecule has 1 N–H and O–H groups in total. The van der Waals surface area contributed by atoms with E-state index in [1.165, 1.54) is 12.1 Å². The molecule has 0 unspecified atom stereocenters. The van der Waals surface area contributed by atoms with Crippen molar-refractivity contribution in [1.29, 1.82) is 0 Å². The molecular formula is C26H23FN6O2S. The quantitative estimate of drug-likeness (QED) is 0.359. The molecule has 4 heterocycles. The summed E-state index contributed by atoms with van der Waals surface area (Å²) in [6.07, 6.45) is 8.70. The molecule has 0 aliphatic heterocycles. The van der Waals surface area contributed by atoms with Gasteiger partial charge in [-0.15, -0.1) is 0 Å². The Bertz CT molecular complexity index is 1740. The molecule has 0 bridgehead atoms. The molecule has 10 heteroatoms.